The van der Waals surface area contributed by atoms with Crippen LogP contribution in [0.25, 0.3) is 5.52 Å². The van der Waals surface area contributed by atoms with Gasteiger partial charge in [0, 0.05) is 13.3 Å². The molecular formula is C21H25N5O12. The molecule has 0 saturated carbocycles. The van der Waals surface area contributed by atoms with Crippen LogP contribution in [0, 0.1) is 0 Å². The van der Waals surface area contributed by atoms with Gasteiger partial charge in [-0.3, -0.25) is 10.3 Å². The average molecular weight is 539 g/mol. The maximum atomic E-state index is 12.2. The monoisotopic (exact) mass is 539 g/mol. The van der Waals surface area contributed by atoms with Gasteiger partial charge in [0.05, 0.1) is 34.1 Å². The second kappa shape index (κ2) is 12.0. The predicted molar refractivity (Wildman–Crippen MR) is 123 cm³/mol. The van der Waals surface area contributed by atoms with E-state index < -0.39 is 55.1 Å². The number of nitrogens with zero attached hydrogens (tertiary/aromatic N) is 4. The lowest BCUT2D eigenvalue weighted by Crippen LogP contribution is -2.52. The quantitative estimate of drug-likeness (QED) is 0.302. The molecule has 4 atom stereocenters. The first-order valence-electron chi connectivity index (χ1n) is 10.7. The molecule has 0 aromatic carbocycles. The fourth-order valence-electron chi connectivity index (χ4n) is 3.76. The summed E-state index contributed by atoms with van der Waals surface area (Å²) in [4.78, 5) is 56.0. The minimum absolute atomic E-state index is 0.0966. The molecular weight excluding hydrogens is 514 g/mol. The van der Waals surface area contributed by atoms with Crippen molar-refractivity contribution in [2.75, 3.05) is 47.4 Å². The van der Waals surface area contributed by atoms with Crippen molar-refractivity contribution < 1.29 is 57.1 Å². The van der Waals surface area contributed by atoms with Crippen molar-refractivity contribution in [2.24, 2.45) is 4.99 Å². The number of ether oxygens (including phenoxy) is 8. The van der Waals surface area contributed by atoms with Gasteiger partial charge in [-0.2, -0.15) is 5.10 Å². The highest BCUT2D eigenvalue weighted by atomic mass is 16.8. The van der Waals surface area contributed by atoms with E-state index in [9.17, 15) is 19.2 Å². The Hall–Kier alpha value is -4.67. The summed E-state index contributed by atoms with van der Waals surface area (Å²) in [6.07, 6.45) is -5.89. The van der Waals surface area contributed by atoms with Gasteiger partial charge in [0.25, 0.3) is 0 Å². The number of carbonyl (C=O) groups excluding carboxylic acids is 4. The van der Waals surface area contributed by atoms with Crippen molar-refractivity contribution in [3.05, 3.63) is 24.2 Å². The van der Waals surface area contributed by atoms with E-state index >= 15 is 0 Å². The normalized spacial score (nSPS) is 22.5. The summed E-state index contributed by atoms with van der Waals surface area (Å²) in [5.41, 5.74) is -1.23. The van der Waals surface area contributed by atoms with E-state index in [0.29, 0.717) is 5.52 Å². The van der Waals surface area contributed by atoms with E-state index in [2.05, 4.69) is 39.3 Å². The topological polar surface area (TPSA) is 197 Å². The lowest BCUT2D eigenvalue weighted by atomic mass is 9.95. The van der Waals surface area contributed by atoms with E-state index in [1.165, 1.54) is 24.9 Å². The van der Waals surface area contributed by atoms with Gasteiger partial charge >= 0.3 is 24.6 Å². The van der Waals surface area contributed by atoms with Crippen LogP contribution in [0.3, 0.4) is 0 Å². The minimum atomic E-state index is -1.80. The summed E-state index contributed by atoms with van der Waals surface area (Å²) in [6, 6.07) is 3.09. The molecule has 206 valence electrons. The molecule has 2 aromatic rings. The molecule has 1 aliphatic rings. The van der Waals surface area contributed by atoms with E-state index in [1.54, 1.807) is 12.1 Å². The van der Waals surface area contributed by atoms with Gasteiger partial charge in [0.2, 0.25) is 0 Å². The molecule has 1 N–H and O–H groups in total. The Morgan fingerprint density at radius 2 is 1.74 bits per heavy atom. The molecule has 38 heavy (non-hydrogen) atoms. The highest BCUT2D eigenvalue weighted by molar-refractivity contribution is 5.88. The molecule has 0 bridgehead atoms. The van der Waals surface area contributed by atoms with Crippen LogP contribution in [0.1, 0.15) is 11.8 Å². The number of fused-ring (bicyclic) bond motifs is 1. The summed E-state index contributed by atoms with van der Waals surface area (Å²) in [5, 5.41) is 6.64. The first-order valence-corrected chi connectivity index (χ1v) is 10.7. The van der Waals surface area contributed by atoms with Crippen LogP contribution in [0.2, 0.25) is 0 Å². The average Bonchev–Trinajstić information content (AvgIpc) is 3.47. The highest BCUT2D eigenvalue weighted by Crippen LogP contribution is 2.44. The summed E-state index contributed by atoms with van der Waals surface area (Å²) in [6.45, 7) is -0.580. The van der Waals surface area contributed by atoms with Crippen LogP contribution in [-0.2, 0) is 37.9 Å². The molecule has 1 saturated heterocycles. The van der Waals surface area contributed by atoms with Gasteiger partial charge in [-0.05, 0) is 12.1 Å². The largest absolute Gasteiger partial charge is 0.508 e. The molecule has 17 heteroatoms. The van der Waals surface area contributed by atoms with Gasteiger partial charge < -0.3 is 37.9 Å². The van der Waals surface area contributed by atoms with Crippen molar-refractivity contribution in [3.8, 4) is 0 Å². The Morgan fingerprint density at radius 3 is 2.37 bits per heavy atom. The Morgan fingerprint density at radius 1 is 1.05 bits per heavy atom. The van der Waals surface area contributed by atoms with Crippen molar-refractivity contribution in [2.45, 2.75) is 23.9 Å². The lowest BCUT2D eigenvalue weighted by Gasteiger charge is -2.29. The van der Waals surface area contributed by atoms with Crippen LogP contribution in [0.4, 0.5) is 25.0 Å². The van der Waals surface area contributed by atoms with Crippen LogP contribution >= 0.6 is 0 Å². The SMILES string of the molecule is C/N=C\[C@]1(COC(=O)OC)O[C@@H](c2ccc3c(NC(=O)OC)ncnn23)[C@H](OC(=O)OC)[C@@H]1OC(=O)OC. The summed E-state index contributed by atoms with van der Waals surface area (Å²) >= 11 is 0. The molecule has 3 heterocycles. The number of hydrogen-bond acceptors (Lipinski definition) is 15. The number of methoxy groups -OCH3 is 4. The molecule has 2 aromatic heterocycles. The molecule has 1 amide bonds. The van der Waals surface area contributed by atoms with Crippen LogP contribution in [0.15, 0.2) is 23.5 Å². The van der Waals surface area contributed by atoms with Crippen molar-refractivity contribution in [1.29, 1.82) is 0 Å². The van der Waals surface area contributed by atoms with E-state index in [-0.39, 0.29) is 11.5 Å². The zero-order chi connectivity index (χ0) is 27.9. The van der Waals surface area contributed by atoms with Crippen molar-refractivity contribution in [3.63, 3.8) is 0 Å². The molecule has 3 rings (SSSR count). The maximum absolute atomic E-state index is 12.2. The fraction of sp³-hybridized carbons (Fsp3) is 0.476. The van der Waals surface area contributed by atoms with Crippen molar-refractivity contribution in [1.82, 2.24) is 14.6 Å². The van der Waals surface area contributed by atoms with Crippen LogP contribution in [-0.4, -0.2) is 105 Å². The van der Waals surface area contributed by atoms with Gasteiger partial charge in [0.1, 0.15) is 24.6 Å². The number of carbonyl (C=O) groups is 4. The number of amides is 1. The number of anilines is 1. The van der Waals surface area contributed by atoms with Crippen molar-refractivity contribution >= 4 is 42.1 Å². The number of aromatic nitrogens is 3. The zero-order valence-corrected chi connectivity index (χ0v) is 20.9. The minimum Gasteiger partial charge on any atom is -0.453 e. The highest BCUT2D eigenvalue weighted by Gasteiger charge is 2.61. The third-order valence-corrected chi connectivity index (χ3v) is 5.32. The lowest BCUT2D eigenvalue weighted by molar-refractivity contribution is -0.0836. The number of hydrogen-bond donors (Lipinski definition) is 1. The Labute approximate surface area is 214 Å². The first-order chi connectivity index (χ1) is 18.2. The number of rotatable bonds is 7. The number of aliphatic imine (C=N–C) groups is 1. The third kappa shape index (κ3) is 5.66. The molecule has 1 fully saturated rings. The van der Waals surface area contributed by atoms with Crippen LogP contribution in [0.5, 0.6) is 0 Å². The standard InChI is InChI=1S/C21H25N5O12/c1-22-8-21(9-35-18(28)32-3)15(37-20(30)34-5)14(36-19(29)33-4)13(38-21)11-6-7-12-16(25-17(27)31-2)23-10-24-26(11)12/h6-8,10,13-15H,9H2,1-5H3,(H,23,24,25,27)/b22-8-/t13-,14-,15-,21+/m0/s1. The summed E-state index contributed by atoms with van der Waals surface area (Å²) in [7, 11) is 5.83. The Bertz CT molecular complexity index is 1220. The Balaban J connectivity index is 2.16. The number of nitrogens with one attached hydrogen (secondary N) is 1. The van der Waals surface area contributed by atoms with Gasteiger partial charge in [0.15, 0.2) is 23.6 Å². The molecule has 1 aliphatic heterocycles. The molecule has 0 unspecified atom stereocenters. The molecule has 0 radical (unpaired) electrons. The van der Waals surface area contributed by atoms with E-state index in [0.717, 1.165) is 27.7 Å². The molecule has 0 spiro atoms. The van der Waals surface area contributed by atoms with Gasteiger partial charge in [-0.15, -0.1) is 0 Å². The Kier molecular flexibility index (Phi) is 8.85. The summed E-state index contributed by atoms with van der Waals surface area (Å²) in [5.74, 6) is 0.0966. The van der Waals surface area contributed by atoms with E-state index in [4.69, 9.17) is 18.9 Å². The summed E-state index contributed by atoms with van der Waals surface area (Å²) < 4.78 is 42.0. The first kappa shape index (κ1) is 27.9. The second-order valence-electron chi connectivity index (χ2n) is 7.43. The molecule has 17 nitrogen and oxygen atoms in total. The van der Waals surface area contributed by atoms with Gasteiger partial charge in [-0.1, -0.05) is 0 Å². The second-order valence-corrected chi connectivity index (χ2v) is 7.43. The molecule has 0 aliphatic carbocycles. The van der Waals surface area contributed by atoms with Crippen LogP contribution < -0.4 is 5.32 Å². The zero-order valence-electron chi connectivity index (χ0n) is 20.9. The fourth-order valence-corrected chi connectivity index (χ4v) is 3.76. The van der Waals surface area contributed by atoms with Gasteiger partial charge in [-0.25, -0.2) is 28.7 Å². The third-order valence-electron chi connectivity index (χ3n) is 5.32. The van der Waals surface area contributed by atoms with E-state index in [1.807, 2.05) is 0 Å². The maximum Gasteiger partial charge on any atom is 0.508 e. The predicted octanol–water partition coefficient (Wildman–Crippen LogP) is 1.50. The smallest absolute Gasteiger partial charge is 0.453 e.